The Morgan fingerprint density at radius 2 is 2.07 bits per heavy atom. The van der Waals surface area contributed by atoms with Crippen LogP contribution in [-0.2, 0) is 4.74 Å². The number of hydrogen-bond donors (Lipinski definition) is 1. The fourth-order valence-corrected chi connectivity index (χ4v) is 5.11. The van der Waals surface area contributed by atoms with E-state index in [0.29, 0.717) is 5.02 Å². The van der Waals surface area contributed by atoms with E-state index in [1.807, 2.05) is 37.5 Å². The first kappa shape index (κ1) is 18.9. The van der Waals surface area contributed by atoms with Crippen molar-refractivity contribution in [3.05, 3.63) is 47.4 Å². The van der Waals surface area contributed by atoms with Crippen molar-refractivity contribution in [1.82, 2.24) is 14.4 Å². The van der Waals surface area contributed by atoms with E-state index in [1.54, 1.807) is 0 Å². The molecule has 2 atom stereocenters. The molecular weight excluding hydrogens is 386 g/mol. The van der Waals surface area contributed by atoms with Crippen LogP contribution < -0.4 is 10.6 Å². The van der Waals surface area contributed by atoms with Crippen molar-refractivity contribution in [2.75, 3.05) is 24.6 Å². The van der Waals surface area contributed by atoms with Crippen molar-refractivity contribution in [2.24, 2.45) is 11.1 Å². The van der Waals surface area contributed by atoms with E-state index in [0.717, 1.165) is 61.0 Å². The fourth-order valence-electron chi connectivity index (χ4n) is 4.92. The highest BCUT2D eigenvalue weighted by atomic mass is 35.5. The lowest BCUT2D eigenvalue weighted by molar-refractivity contribution is 0.0974. The van der Waals surface area contributed by atoms with Gasteiger partial charge in [0, 0.05) is 47.5 Å². The van der Waals surface area contributed by atoms with E-state index in [-0.39, 0.29) is 17.6 Å². The maximum absolute atomic E-state index is 6.48. The molecule has 7 heteroatoms. The first-order valence-corrected chi connectivity index (χ1v) is 10.6. The van der Waals surface area contributed by atoms with Crippen molar-refractivity contribution in [1.29, 1.82) is 0 Å². The maximum atomic E-state index is 6.48. The Hall–Kier alpha value is -2.15. The molecule has 0 aliphatic carbocycles. The topological polar surface area (TPSA) is 68.7 Å². The van der Waals surface area contributed by atoms with Gasteiger partial charge in [0.05, 0.1) is 24.1 Å². The molecule has 2 aliphatic rings. The minimum Gasteiger partial charge on any atom is -0.376 e. The Morgan fingerprint density at radius 1 is 1.28 bits per heavy atom. The van der Waals surface area contributed by atoms with Crippen molar-refractivity contribution in [2.45, 2.75) is 38.8 Å². The third-order valence-corrected chi connectivity index (χ3v) is 6.94. The molecule has 2 saturated heterocycles. The fraction of sp³-hybridized carbons (Fsp3) is 0.455. The van der Waals surface area contributed by atoms with Crippen LogP contribution in [0.2, 0.25) is 5.02 Å². The van der Waals surface area contributed by atoms with Gasteiger partial charge in [-0.3, -0.25) is 4.40 Å². The van der Waals surface area contributed by atoms with E-state index in [2.05, 4.69) is 27.3 Å². The van der Waals surface area contributed by atoms with E-state index >= 15 is 0 Å². The lowest BCUT2D eigenvalue weighted by Crippen LogP contribution is -2.50. The molecule has 2 fully saturated rings. The number of anilines is 1. The van der Waals surface area contributed by atoms with Crippen molar-refractivity contribution >= 4 is 23.1 Å². The van der Waals surface area contributed by atoms with Crippen LogP contribution in [0.5, 0.6) is 0 Å². The van der Waals surface area contributed by atoms with Gasteiger partial charge in [-0.25, -0.2) is 9.97 Å². The van der Waals surface area contributed by atoms with Crippen LogP contribution >= 0.6 is 11.6 Å². The number of halogens is 1. The van der Waals surface area contributed by atoms with E-state index in [9.17, 15) is 0 Å². The first-order valence-electron chi connectivity index (χ1n) is 10.2. The van der Waals surface area contributed by atoms with Crippen LogP contribution in [0.25, 0.3) is 16.9 Å². The Bertz CT molecular complexity index is 1060. The average Bonchev–Trinajstić information content (AvgIpc) is 3.30. The molecule has 29 heavy (non-hydrogen) atoms. The monoisotopic (exact) mass is 411 g/mol. The lowest BCUT2D eigenvalue weighted by atomic mass is 9.73. The van der Waals surface area contributed by atoms with E-state index in [1.165, 1.54) is 0 Å². The third kappa shape index (κ3) is 3.01. The van der Waals surface area contributed by atoms with Crippen molar-refractivity contribution in [3.8, 4) is 11.3 Å². The van der Waals surface area contributed by atoms with Crippen LogP contribution in [0.1, 0.15) is 25.5 Å². The third-order valence-electron chi connectivity index (χ3n) is 6.70. The molecule has 3 aromatic rings. The average molecular weight is 412 g/mol. The Kier molecular flexibility index (Phi) is 4.53. The number of nitrogens with two attached hydrogens (primary N) is 1. The summed E-state index contributed by atoms with van der Waals surface area (Å²) in [7, 11) is 0. The second-order valence-electron chi connectivity index (χ2n) is 8.39. The summed E-state index contributed by atoms with van der Waals surface area (Å²) in [4.78, 5) is 12.0. The summed E-state index contributed by atoms with van der Waals surface area (Å²) < 4.78 is 7.99. The molecule has 2 N–H and O–H groups in total. The highest BCUT2D eigenvalue weighted by molar-refractivity contribution is 6.30. The Labute approximate surface area is 175 Å². The summed E-state index contributed by atoms with van der Waals surface area (Å²) in [6.07, 6.45) is 6.00. The zero-order chi connectivity index (χ0) is 20.2. The highest BCUT2D eigenvalue weighted by Gasteiger charge is 2.47. The summed E-state index contributed by atoms with van der Waals surface area (Å²) in [6, 6.07) is 7.98. The summed E-state index contributed by atoms with van der Waals surface area (Å²) >= 11 is 6.23. The number of ether oxygens (including phenoxy) is 1. The Morgan fingerprint density at radius 3 is 2.76 bits per heavy atom. The van der Waals surface area contributed by atoms with Crippen LogP contribution in [0.15, 0.2) is 36.7 Å². The van der Waals surface area contributed by atoms with Crippen molar-refractivity contribution < 1.29 is 4.74 Å². The summed E-state index contributed by atoms with van der Waals surface area (Å²) in [5.74, 6) is 0.939. The zero-order valence-corrected chi connectivity index (χ0v) is 17.6. The summed E-state index contributed by atoms with van der Waals surface area (Å²) in [6.45, 7) is 6.72. The molecule has 2 aromatic heterocycles. The van der Waals surface area contributed by atoms with Gasteiger partial charge in [-0.2, -0.15) is 0 Å². The second-order valence-corrected chi connectivity index (χ2v) is 8.83. The number of imidazole rings is 1. The van der Waals surface area contributed by atoms with Gasteiger partial charge in [0.1, 0.15) is 0 Å². The zero-order valence-electron chi connectivity index (χ0n) is 16.8. The number of fused-ring (bicyclic) bond motifs is 1. The van der Waals surface area contributed by atoms with Gasteiger partial charge < -0.3 is 15.4 Å². The van der Waals surface area contributed by atoms with Gasteiger partial charge in [-0.05, 0) is 38.8 Å². The van der Waals surface area contributed by atoms with E-state index in [4.69, 9.17) is 27.1 Å². The molecular formula is C22H26ClN5O. The van der Waals surface area contributed by atoms with Crippen LogP contribution in [0, 0.1) is 12.3 Å². The quantitative estimate of drug-likeness (QED) is 0.696. The first-order chi connectivity index (χ1) is 14.0. The SMILES string of the molecule is Cc1nc(N2CCC3(CC2)COC(C)C3N)c2nccn2c1-c1cccc(Cl)c1. The normalized spacial score (nSPS) is 23.9. The molecule has 4 heterocycles. The molecule has 0 saturated carbocycles. The van der Waals surface area contributed by atoms with Gasteiger partial charge in [0.2, 0.25) is 0 Å². The van der Waals surface area contributed by atoms with Crippen molar-refractivity contribution in [3.63, 3.8) is 0 Å². The van der Waals surface area contributed by atoms with Gasteiger partial charge in [-0.1, -0.05) is 23.7 Å². The number of hydrogen-bond acceptors (Lipinski definition) is 5. The van der Waals surface area contributed by atoms with Crippen LogP contribution in [0.3, 0.4) is 0 Å². The predicted molar refractivity (Wildman–Crippen MR) is 115 cm³/mol. The molecule has 152 valence electrons. The number of aryl methyl sites for hydroxylation is 1. The second kappa shape index (κ2) is 6.97. The molecule has 1 aromatic carbocycles. The highest BCUT2D eigenvalue weighted by Crippen LogP contribution is 2.42. The van der Waals surface area contributed by atoms with Crippen LogP contribution in [-0.4, -0.2) is 46.2 Å². The standard InChI is InChI=1S/C22H26ClN5O/c1-14-18(16-4-3-5-17(23)12-16)28-11-8-25-20(28)21(26-14)27-9-6-22(7-10-27)13-29-15(2)19(22)24/h3-5,8,11-12,15,19H,6-7,9-10,13,24H2,1-2H3. The number of benzene rings is 1. The predicted octanol–water partition coefficient (Wildman–Crippen LogP) is 3.69. The number of rotatable bonds is 2. The number of nitrogens with zero attached hydrogens (tertiary/aromatic N) is 4. The molecule has 6 nitrogen and oxygen atoms in total. The molecule has 2 unspecified atom stereocenters. The molecule has 5 rings (SSSR count). The van der Waals surface area contributed by atoms with Gasteiger partial charge in [0.15, 0.2) is 11.5 Å². The smallest absolute Gasteiger partial charge is 0.180 e. The molecule has 0 amide bonds. The maximum Gasteiger partial charge on any atom is 0.180 e. The summed E-state index contributed by atoms with van der Waals surface area (Å²) in [5.41, 5.74) is 10.5. The molecule has 2 aliphatic heterocycles. The molecule has 0 radical (unpaired) electrons. The molecule has 1 spiro atoms. The summed E-state index contributed by atoms with van der Waals surface area (Å²) in [5, 5.41) is 0.713. The minimum absolute atomic E-state index is 0.0946. The van der Waals surface area contributed by atoms with Crippen LogP contribution in [0.4, 0.5) is 5.82 Å². The molecule has 0 bridgehead atoms. The largest absolute Gasteiger partial charge is 0.376 e. The number of piperidine rings is 1. The number of aromatic nitrogens is 3. The minimum atomic E-state index is 0.0946. The van der Waals surface area contributed by atoms with Gasteiger partial charge in [0.25, 0.3) is 0 Å². The van der Waals surface area contributed by atoms with E-state index < -0.39 is 0 Å². The van der Waals surface area contributed by atoms with Gasteiger partial charge >= 0.3 is 0 Å². The van der Waals surface area contributed by atoms with Gasteiger partial charge in [-0.15, -0.1) is 0 Å². The Balaban J connectivity index is 1.50. The lowest BCUT2D eigenvalue weighted by Gasteiger charge is -2.41.